The molecule has 1 amide bonds. The number of carbonyl (C=O) groups is 1. The fraction of sp³-hybridized carbons (Fsp3) is 0.280. The molecule has 0 unspecified atom stereocenters. The fourth-order valence-electron chi connectivity index (χ4n) is 3.05. The van der Waals surface area contributed by atoms with Crippen LogP contribution in [-0.4, -0.2) is 36.4 Å². The van der Waals surface area contributed by atoms with Gasteiger partial charge in [0.2, 0.25) is 5.13 Å². The SMILES string of the molecule is CCc1nnc(NC(=O)/C(C#N)=C\c2cc(Cl)c(OCCOc3cc(C)ccc3C)c(OC)c2)s1. The van der Waals surface area contributed by atoms with E-state index in [0.717, 1.165) is 21.9 Å². The molecule has 0 saturated heterocycles. The summed E-state index contributed by atoms with van der Waals surface area (Å²) < 4.78 is 17.1. The van der Waals surface area contributed by atoms with E-state index < -0.39 is 5.91 Å². The highest BCUT2D eigenvalue weighted by atomic mass is 35.5. The molecule has 8 nitrogen and oxygen atoms in total. The van der Waals surface area contributed by atoms with Gasteiger partial charge in [0.25, 0.3) is 5.91 Å². The highest BCUT2D eigenvalue weighted by Crippen LogP contribution is 2.37. The number of aryl methyl sites for hydroxylation is 3. The smallest absolute Gasteiger partial charge is 0.268 e. The number of nitriles is 1. The van der Waals surface area contributed by atoms with Crippen molar-refractivity contribution in [2.45, 2.75) is 27.2 Å². The lowest BCUT2D eigenvalue weighted by atomic mass is 10.1. The van der Waals surface area contributed by atoms with E-state index in [1.165, 1.54) is 24.5 Å². The first-order chi connectivity index (χ1) is 16.8. The van der Waals surface area contributed by atoms with Gasteiger partial charge in [0.1, 0.15) is 35.6 Å². The zero-order valence-electron chi connectivity index (χ0n) is 19.8. The zero-order chi connectivity index (χ0) is 25.4. The third-order valence-corrected chi connectivity index (χ3v) is 6.11. The number of amides is 1. The maximum atomic E-state index is 12.5. The Balaban J connectivity index is 1.69. The van der Waals surface area contributed by atoms with Gasteiger partial charge in [-0.2, -0.15) is 5.26 Å². The molecule has 10 heteroatoms. The molecule has 0 radical (unpaired) electrons. The van der Waals surface area contributed by atoms with Crippen molar-refractivity contribution in [1.29, 1.82) is 5.26 Å². The maximum absolute atomic E-state index is 12.5. The molecule has 0 aliphatic rings. The molecule has 3 aromatic rings. The van der Waals surface area contributed by atoms with E-state index in [9.17, 15) is 10.1 Å². The van der Waals surface area contributed by atoms with Crippen molar-refractivity contribution in [2.24, 2.45) is 0 Å². The molecule has 1 heterocycles. The highest BCUT2D eigenvalue weighted by molar-refractivity contribution is 7.15. The number of nitrogens with zero attached hydrogens (tertiary/aromatic N) is 3. The predicted molar refractivity (Wildman–Crippen MR) is 136 cm³/mol. The van der Waals surface area contributed by atoms with Crippen LogP contribution in [0.2, 0.25) is 5.02 Å². The van der Waals surface area contributed by atoms with Crippen LogP contribution in [0.5, 0.6) is 17.2 Å². The van der Waals surface area contributed by atoms with Crippen LogP contribution in [-0.2, 0) is 11.2 Å². The molecule has 1 N–H and O–H groups in total. The molecule has 3 rings (SSSR count). The number of ether oxygens (including phenoxy) is 3. The number of hydrogen-bond acceptors (Lipinski definition) is 8. The van der Waals surface area contributed by atoms with E-state index in [1.54, 1.807) is 12.1 Å². The Labute approximate surface area is 213 Å². The van der Waals surface area contributed by atoms with Crippen molar-refractivity contribution in [1.82, 2.24) is 10.2 Å². The summed E-state index contributed by atoms with van der Waals surface area (Å²) in [6.07, 6.45) is 2.12. The van der Waals surface area contributed by atoms with Gasteiger partial charge in [-0.15, -0.1) is 10.2 Å². The van der Waals surface area contributed by atoms with Gasteiger partial charge in [-0.25, -0.2) is 0 Å². The van der Waals surface area contributed by atoms with E-state index >= 15 is 0 Å². The fourth-order valence-corrected chi connectivity index (χ4v) is 4.00. The van der Waals surface area contributed by atoms with Crippen LogP contribution in [0.4, 0.5) is 5.13 Å². The van der Waals surface area contributed by atoms with Gasteiger partial charge in [-0.1, -0.05) is 42.0 Å². The average Bonchev–Trinajstić information content (AvgIpc) is 3.30. The van der Waals surface area contributed by atoms with E-state index in [4.69, 9.17) is 25.8 Å². The minimum atomic E-state index is -0.592. The second-order valence-electron chi connectivity index (χ2n) is 7.48. The Bertz CT molecular complexity index is 1280. The number of rotatable bonds is 10. The first-order valence-corrected chi connectivity index (χ1v) is 12.0. The second kappa shape index (κ2) is 12.2. The van der Waals surface area contributed by atoms with Crippen molar-refractivity contribution < 1.29 is 19.0 Å². The summed E-state index contributed by atoms with van der Waals surface area (Å²) >= 11 is 7.69. The molecule has 182 valence electrons. The van der Waals surface area contributed by atoms with Gasteiger partial charge < -0.3 is 14.2 Å². The molecular formula is C25H25ClN4O4S. The number of carbonyl (C=O) groups excluding carboxylic acids is 1. The number of nitrogens with one attached hydrogen (secondary N) is 1. The lowest BCUT2D eigenvalue weighted by molar-refractivity contribution is -0.112. The Morgan fingerprint density at radius 2 is 1.94 bits per heavy atom. The van der Waals surface area contributed by atoms with E-state index in [1.807, 2.05) is 45.0 Å². The van der Waals surface area contributed by atoms with Crippen LogP contribution in [0.15, 0.2) is 35.9 Å². The van der Waals surface area contributed by atoms with Gasteiger partial charge in [0, 0.05) is 0 Å². The topological polar surface area (TPSA) is 106 Å². The number of anilines is 1. The Morgan fingerprint density at radius 3 is 2.63 bits per heavy atom. The molecule has 0 aliphatic carbocycles. The van der Waals surface area contributed by atoms with Crippen molar-refractivity contribution in [2.75, 3.05) is 25.6 Å². The van der Waals surface area contributed by atoms with E-state index in [-0.39, 0.29) is 17.2 Å². The predicted octanol–water partition coefficient (Wildman–Crippen LogP) is 5.38. The van der Waals surface area contributed by atoms with Crippen LogP contribution >= 0.6 is 22.9 Å². The summed E-state index contributed by atoms with van der Waals surface area (Å²) in [5.74, 6) is 0.920. The quantitative estimate of drug-likeness (QED) is 0.221. The van der Waals surface area contributed by atoms with Crippen molar-refractivity contribution >= 4 is 40.1 Å². The number of halogens is 1. The van der Waals surface area contributed by atoms with Crippen LogP contribution < -0.4 is 19.5 Å². The van der Waals surface area contributed by atoms with Crippen LogP contribution in [0.3, 0.4) is 0 Å². The minimum absolute atomic E-state index is 0.119. The van der Waals surface area contributed by atoms with Crippen LogP contribution in [0.25, 0.3) is 6.08 Å². The summed E-state index contributed by atoms with van der Waals surface area (Å²) in [7, 11) is 1.48. The van der Waals surface area contributed by atoms with Crippen molar-refractivity contribution in [3.63, 3.8) is 0 Å². The molecular weight excluding hydrogens is 488 g/mol. The first-order valence-electron chi connectivity index (χ1n) is 10.8. The largest absolute Gasteiger partial charge is 0.493 e. The molecule has 0 saturated carbocycles. The maximum Gasteiger partial charge on any atom is 0.268 e. The number of benzene rings is 2. The summed E-state index contributed by atoms with van der Waals surface area (Å²) in [6.45, 7) is 6.48. The summed E-state index contributed by atoms with van der Waals surface area (Å²) in [5.41, 5.74) is 2.53. The monoisotopic (exact) mass is 512 g/mol. The molecule has 0 aliphatic heterocycles. The van der Waals surface area contributed by atoms with Gasteiger partial charge in [0.15, 0.2) is 11.5 Å². The lowest BCUT2D eigenvalue weighted by Gasteiger charge is -2.15. The molecule has 1 aromatic heterocycles. The van der Waals surface area contributed by atoms with Gasteiger partial charge >= 0.3 is 0 Å². The zero-order valence-corrected chi connectivity index (χ0v) is 21.4. The summed E-state index contributed by atoms with van der Waals surface area (Å²) in [4.78, 5) is 12.5. The van der Waals surface area contributed by atoms with E-state index in [2.05, 4.69) is 15.5 Å². The number of methoxy groups -OCH3 is 1. The first kappa shape index (κ1) is 26.0. The Kier molecular flexibility index (Phi) is 9.06. The standard InChI is InChI=1S/C25H25ClN4O4S/c1-5-22-29-30-25(35-22)28-24(31)18(14-27)11-17-12-19(26)23(21(13-17)32-4)34-9-8-33-20-10-15(2)6-7-16(20)3/h6-7,10-13H,5,8-9H2,1-4H3,(H,28,30,31)/b18-11-. The van der Waals surface area contributed by atoms with Gasteiger partial charge in [-0.3, -0.25) is 10.1 Å². The molecule has 0 bridgehead atoms. The third kappa shape index (κ3) is 6.94. The van der Waals surface area contributed by atoms with Crippen molar-refractivity contribution in [3.05, 3.63) is 62.6 Å². The molecule has 0 fully saturated rings. The molecule has 0 atom stereocenters. The molecule has 0 spiro atoms. The number of hydrogen-bond donors (Lipinski definition) is 1. The number of aromatic nitrogens is 2. The minimum Gasteiger partial charge on any atom is -0.493 e. The van der Waals surface area contributed by atoms with Gasteiger partial charge in [-0.05, 0) is 61.2 Å². The lowest BCUT2D eigenvalue weighted by Crippen LogP contribution is -2.13. The average molecular weight is 513 g/mol. The Morgan fingerprint density at radius 1 is 1.17 bits per heavy atom. The van der Waals surface area contributed by atoms with E-state index in [0.29, 0.717) is 35.2 Å². The molecule has 35 heavy (non-hydrogen) atoms. The normalized spacial score (nSPS) is 11.0. The van der Waals surface area contributed by atoms with Crippen LogP contribution in [0.1, 0.15) is 28.6 Å². The highest BCUT2D eigenvalue weighted by Gasteiger charge is 2.16. The molecule has 2 aromatic carbocycles. The van der Waals surface area contributed by atoms with Gasteiger partial charge in [0.05, 0.1) is 12.1 Å². The second-order valence-corrected chi connectivity index (χ2v) is 8.95. The third-order valence-electron chi connectivity index (χ3n) is 4.85. The summed E-state index contributed by atoms with van der Waals surface area (Å²) in [5, 5.41) is 21.3. The van der Waals surface area contributed by atoms with Crippen molar-refractivity contribution in [3.8, 4) is 23.3 Å². The summed E-state index contributed by atoms with van der Waals surface area (Å²) in [6, 6.07) is 11.1. The Hall–Kier alpha value is -3.61. The van der Waals surface area contributed by atoms with Crippen LogP contribution in [0, 0.1) is 25.2 Å².